The summed E-state index contributed by atoms with van der Waals surface area (Å²) in [5.74, 6) is 0.389. The van der Waals surface area contributed by atoms with Gasteiger partial charge >= 0.3 is 0 Å². The molecule has 8 nitrogen and oxygen atoms in total. The molecule has 0 aliphatic rings. The first-order valence-electron chi connectivity index (χ1n) is 11.1. The van der Waals surface area contributed by atoms with Crippen molar-refractivity contribution in [2.75, 3.05) is 24.2 Å². The van der Waals surface area contributed by atoms with E-state index >= 15 is 0 Å². The summed E-state index contributed by atoms with van der Waals surface area (Å²) in [6.45, 7) is 3.62. The first-order valence-corrected chi connectivity index (χ1v) is 14.1. The minimum absolute atomic E-state index is 0.312. The van der Waals surface area contributed by atoms with Gasteiger partial charge < -0.3 is 9.47 Å². The number of carbonyl (C=O) groups is 1. The molecule has 1 N–H and O–H groups in total. The second kappa shape index (κ2) is 12.4. The number of carbonyl (C=O) groups excluding carboxylic acids is 1. The SMILES string of the molecule is COc1cc(/C=N\NC(=O)CN(c2cc(C)cc(C)c2)S(C)(=O)=O)cc(Br)c1OCc1ccc(Cl)cc1. The third kappa shape index (κ3) is 8.21. The van der Waals surface area contributed by atoms with Gasteiger partial charge in [0.2, 0.25) is 10.0 Å². The standard InChI is InChI=1S/C26H27BrClN3O5S/c1-17-9-18(2)11-22(10-17)31(37(4,33)34)15-25(32)30-29-14-20-12-23(27)26(24(13-20)35-3)36-16-19-5-7-21(28)8-6-19/h5-14H,15-16H2,1-4H3,(H,30,32)/b29-14-. The Hall–Kier alpha value is -3.08. The number of hydrogen-bond donors (Lipinski definition) is 1. The van der Waals surface area contributed by atoms with Crippen molar-refractivity contribution in [3.63, 3.8) is 0 Å². The lowest BCUT2D eigenvalue weighted by molar-refractivity contribution is -0.119. The molecular formula is C26H27BrClN3O5S. The molecule has 0 fully saturated rings. The van der Waals surface area contributed by atoms with Crippen LogP contribution in [0.2, 0.25) is 5.02 Å². The summed E-state index contributed by atoms with van der Waals surface area (Å²) in [6.07, 6.45) is 2.48. The van der Waals surface area contributed by atoms with Crippen LogP contribution in [0.15, 0.2) is 64.2 Å². The van der Waals surface area contributed by atoms with Crippen LogP contribution in [-0.4, -0.2) is 40.4 Å². The second-order valence-electron chi connectivity index (χ2n) is 8.36. The van der Waals surface area contributed by atoms with Crippen LogP contribution in [0.3, 0.4) is 0 Å². The van der Waals surface area contributed by atoms with Crippen molar-refractivity contribution < 1.29 is 22.7 Å². The number of sulfonamides is 1. The highest BCUT2D eigenvalue weighted by atomic mass is 79.9. The number of hydrazone groups is 1. The van der Waals surface area contributed by atoms with E-state index in [1.807, 2.05) is 32.0 Å². The zero-order valence-electron chi connectivity index (χ0n) is 20.8. The summed E-state index contributed by atoms with van der Waals surface area (Å²) in [5, 5.41) is 4.62. The molecule has 3 aromatic rings. The Morgan fingerprint density at radius 2 is 1.76 bits per heavy atom. The summed E-state index contributed by atoms with van der Waals surface area (Å²) in [4.78, 5) is 12.5. The third-order valence-corrected chi connectivity index (χ3v) is 7.11. The van der Waals surface area contributed by atoms with Gasteiger partial charge in [-0.1, -0.05) is 29.8 Å². The fraction of sp³-hybridized carbons (Fsp3) is 0.231. The molecule has 196 valence electrons. The van der Waals surface area contributed by atoms with E-state index in [1.165, 1.54) is 13.3 Å². The van der Waals surface area contributed by atoms with Crippen LogP contribution in [-0.2, 0) is 21.4 Å². The Kier molecular flexibility index (Phi) is 9.58. The van der Waals surface area contributed by atoms with E-state index in [4.69, 9.17) is 21.1 Å². The lowest BCUT2D eigenvalue weighted by Crippen LogP contribution is -2.39. The van der Waals surface area contributed by atoms with Gasteiger partial charge in [0.05, 0.1) is 29.7 Å². The van der Waals surface area contributed by atoms with Crippen LogP contribution in [0, 0.1) is 13.8 Å². The smallest absolute Gasteiger partial charge is 0.260 e. The van der Waals surface area contributed by atoms with Crippen molar-refractivity contribution >= 4 is 55.4 Å². The van der Waals surface area contributed by atoms with Crippen LogP contribution in [0.25, 0.3) is 0 Å². The van der Waals surface area contributed by atoms with E-state index in [0.29, 0.717) is 38.9 Å². The number of halogens is 2. The molecule has 0 unspecified atom stereocenters. The average molecular weight is 609 g/mol. The van der Waals surface area contributed by atoms with Gasteiger partial charge in [0.25, 0.3) is 5.91 Å². The maximum absolute atomic E-state index is 12.5. The molecule has 11 heteroatoms. The number of hydrogen-bond acceptors (Lipinski definition) is 6. The summed E-state index contributed by atoms with van der Waals surface area (Å²) in [7, 11) is -2.17. The third-order valence-electron chi connectivity index (χ3n) is 5.13. The predicted octanol–water partition coefficient (Wildman–Crippen LogP) is 5.22. The van der Waals surface area contributed by atoms with E-state index < -0.39 is 22.5 Å². The molecule has 37 heavy (non-hydrogen) atoms. The number of aryl methyl sites for hydroxylation is 2. The Bertz CT molecular complexity index is 1390. The van der Waals surface area contributed by atoms with Crippen molar-refractivity contribution in [2.24, 2.45) is 5.10 Å². The molecule has 1 amide bonds. The fourth-order valence-electron chi connectivity index (χ4n) is 3.53. The number of amides is 1. The van der Waals surface area contributed by atoms with Gasteiger partial charge in [0, 0.05) is 5.02 Å². The molecular weight excluding hydrogens is 582 g/mol. The number of methoxy groups -OCH3 is 1. The largest absolute Gasteiger partial charge is 0.493 e. The molecule has 0 bridgehead atoms. The van der Waals surface area contributed by atoms with E-state index in [1.54, 1.807) is 36.4 Å². The maximum atomic E-state index is 12.5. The van der Waals surface area contributed by atoms with E-state index in [0.717, 1.165) is 27.3 Å². The van der Waals surface area contributed by atoms with Gasteiger partial charge in [-0.25, -0.2) is 13.8 Å². The van der Waals surface area contributed by atoms with Gasteiger partial charge in [0.1, 0.15) is 13.2 Å². The highest BCUT2D eigenvalue weighted by Gasteiger charge is 2.21. The molecule has 0 spiro atoms. The van der Waals surface area contributed by atoms with Crippen LogP contribution < -0.4 is 19.2 Å². The Balaban J connectivity index is 1.69. The number of benzene rings is 3. The Labute approximate surface area is 230 Å². The van der Waals surface area contributed by atoms with Crippen molar-refractivity contribution in [1.29, 1.82) is 0 Å². The summed E-state index contributed by atoms with van der Waals surface area (Å²) in [5.41, 5.74) is 6.14. The first-order chi connectivity index (χ1) is 17.5. The zero-order valence-corrected chi connectivity index (χ0v) is 23.9. The minimum atomic E-state index is -3.69. The molecule has 0 aliphatic carbocycles. The van der Waals surface area contributed by atoms with Gasteiger partial charge in [0.15, 0.2) is 11.5 Å². The molecule has 3 aromatic carbocycles. The predicted molar refractivity (Wildman–Crippen MR) is 150 cm³/mol. The Morgan fingerprint density at radius 1 is 1.11 bits per heavy atom. The highest BCUT2D eigenvalue weighted by molar-refractivity contribution is 9.10. The van der Waals surface area contributed by atoms with Crippen LogP contribution >= 0.6 is 27.5 Å². The van der Waals surface area contributed by atoms with Crippen molar-refractivity contribution in [2.45, 2.75) is 20.5 Å². The Morgan fingerprint density at radius 3 is 2.35 bits per heavy atom. The van der Waals surface area contributed by atoms with Gasteiger partial charge in [-0.05, 0) is 88.4 Å². The maximum Gasteiger partial charge on any atom is 0.260 e. The normalized spacial score (nSPS) is 11.4. The molecule has 0 heterocycles. The van der Waals surface area contributed by atoms with Gasteiger partial charge in [-0.15, -0.1) is 0 Å². The number of ether oxygens (including phenoxy) is 2. The van der Waals surface area contributed by atoms with Crippen LogP contribution in [0.5, 0.6) is 11.5 Å². The minimum Gasteiger partial charge on any atom is -0.493 e. The zero-order chi connectivity index (χ0) is 27.2. The molecule has 0 saturated heterocycles. The summed E-state index contributed by atoms with van der Waals surface area (Å²) >= 11 is 9.42. The monoisotopic (exact) mass is 607 g/mol. The van der Waals surface area contributed by atoms with Gasteiger partial charge in [-0.2, -0.15) is 5.10 Å². The highest BCUT2D eigenvalue weighted by Crippen LogP contribution is 2.37. The molecule has 0 atom stereocenters. The average Bonchev–Trinajstić information content (AvgIpc) is 2.81. The van der Waals surface area contributed by atoms with Crippen molar-refractivity contribution in [3.8, 4) is 11.5 Å². The molecule has 0 radical (unpaired) electrons. The first kappa shape index (κ1) is 28.5. The molecule has 0 aliphatic heterocycles. The molecule has 0 saturated carbocycles. The topological polar surface area (TPSA) is 97.3 Å². The van der Waals surface area contributed by atoms with Crippen LogP contribution in [0.4, 0.5) is 5.69 Å². The molecule has 0 aromatic heterocycles. The van der Waals surface area contributed by atoms with Gasteiger partial charge in [-0.3, -0.25) is 9.10 Å². The van der Waals surface area contributed by atoms with Crippen LogP contribution in [0.1, 0.15) is 22.3 Å². The second-order valence-corrected chi connectivity index (χ2v) is 11.6. The number of nitrogens with one attached hydrogen (secondary N) is 1. The van der Waals surface area contributed by atoms with E-state index in [2.05, 4.69) is 26.5 Å². The lowest BCUT2D eigenvalue weighted by atomic mass is 10.1. The van der Waals surface area contributed by atoms with E-state index in [9.17, 15) is 13.2 Å². The lowest BCUT2D eigenvalue weighted by Gasteiger charge is -2.22. The fourth-order valence-corrected chi connectivity index (χ4v) is 5.07. The van der Waals surface area contributed by atoms with E-state index in [-0.39, 0.29) is 0 Å². The summed E-state index contributed by atoms with van der Waals surface area (Å²) < 4.78 is 37.8. The number of anilines is 1. The number of rotatable bonds is 10. The molecule has 3 rings (SSSR count). The quantitative estimate of drug-likeness (QED) is 0.251. The summed E-state index contributed by atoms with van der Waals surface area (Å²) in [6, 6.07) is 16.1. The van der Waals surface area contributed by atoms with Crippen molar-refractivity contribution in [1.82, 2.24) is 5.43 Å². The number of nitrogens with zero attached hydrogens (tertiary/aromatic N) is 2. The van der Waals surface area contributed by atoms with Crippen molar-refractivity contribution in [3.05, 3.63) is 86.3 Å².